The van der Waals surface area contributed by atoms with Gasteiger partial charge in [-0.25, -0.2) is 4.98 Å². The number of piperazine rings is 1. The van der Waals surface area contributed by atoms with Crippen molar-refractivity contribution in [2.24, 2.45) is 5.92 Å². The topological polar surface area (TPSA) is 56.7 Å². The van der Waals surface area contributed by atoms with Gasteiger partial charge in [-0.2, -0.15) is 0 Å². The maximum Gasteiger partial charge on any atom is 0.303 e. The Labute approximate surface area is 199 Å². The third-order valence-electron chi connectivity index (χ3n) is 5.58. The van der Waals surface area contributed by atoms with Gasteiger partial charge < -0.3 is 10.0 Å². The molecule has 172 valence electrons. The Balaban J connectivity index is 1.69. The van der Waals surface area contributed by atoms with Crippen molar-refractivity contribution in [2.75, 3.05) is 31.1 Å². The summed E-state index contributed by atoms with van der Waals surface area (Å²) >= 11 is 7.87. The highest BCUT2D eigenvalue weighted by Gasteiger charge is 2.29. The van der Waals surface area contributed by atoms with E-state index in [2.05, 4.69) is 30.2 Å². The third kappa shape index (κ3) is 6.92. The lowest BCUT2D eigenvalue weighted by Crippen LogP contribution is -2.54. The van der Waals surface area contributed by atoms with Gasteiger partial charge in [0.25, 0.3) is 0 Å². The predicted molar refractivity (Wildman–Crippen MR) is 136 cm³/mol. The molecule has 1 N–H and O–H groups in total. The van der Waals surface area contributed by atoms with Crippen molar-refractivity contribution in [1.82, 2.24) is 9.88 Å². The van der Waals surface area contributed by atoms with Gasteiger partial charge in [-0.3, -0.25) is 9.69 Å². The summed E-state index contributed by atoms with van der Waals surface area (Å²) in [7, 11) is 0. The van der Waals surface area contributed by atoms with Crippen LogP contribution in [0.25, 0.3) is 10.2 Å². The number of carboxylic acids is 1. The number of fused-ring (bicyclic) bond motifs is 1. The number of benzene rings is 1. The van der Waals surface area contributed by atoms with Crippen LogP contribution >= 0.6 is 22.9 Å². The molecule has 1 aliphatic rings. The highest BCUT2D eigenvalue weighted by molar-refractivity contribution is 7.22. The van der Waals surface area contributed by atoms with Gasteiger partial charge in [0, 0.05) is 43.7 Å². The molecule has 1 aromatic heterocycles. The summed E-state index contributed by atoms with van der Waals surface area (Å²) in [4.78, 5) is 20.4. The summed E-state index contributed by atoms with van der Waals surface area (Å²) in [6.45, 7) is 12.2. The Morgan fingerprint density at radius 2 is 2.22 bits per heavy atom. The molecule has 3 rings (SSSR count). The zero-order valence-corrected chi connectivity index (χ0v) is 20.4. The number of aromatic nitrogens is 1. The lowest BCUT2D eigenvalue weighted by atomic mass is 9.99. The summed E-state index contributed by atoms with van der Waals surface area (Å²) in [5.41, 5.74) is 2.15. The van der Waals surface area contributed by atoms with E-state index in [1.165, 1.54) is 0 Å². The number of nitrogens with zero attached hydrogens (tertiary/aromatic N) is 3. The Kier molecular flexibility index (Phi) is 8.91. The number of hydrogen-bond donors (Lipinski definition) is 1. The molecule has 2 heterocycles. The van der Waals surface area contributed by atoms with Crippen LogP contribution in [0.5, 0.6) is 0 Å². The Morgan fingerprint density at radius 3 is 2.94 bits per heavy atom. The molecule has 1 atom stereocenters. The van der Waals surface area contributed by atoms with E-state index in [0.717, 1.165) is 58.5 Å². The van der Waals surface area contributed by atoms with E-state index >= 15 is 0 Å². The molecule has 1 unspecified atom stereocenters. The first-order valence-electron chi connectivity index (χ1n) is 11.1. The molecule has 1 aliphatic heterocycles. The maximum absolute atomic E-state index is 10.6. The second-order valence-electron chi connectivity index (χ2n) is 8.61. The van der Waals surface area contributed by atoms with Crippen molar-refractivity contribution in [3.8, 4) is 0 Å². The van der Waals surface area contributed by atoms with Gasteiger partial charge in [-0.05, 0) is 42.5 Å². The Bertz CT molecular complexity index is 998. The molecular formula is C25H32ClN3O2S. The minimum atomic E-state index is -0.770. The first-order chi connectivity index (χ1) is 15.4. The molecule has 0 radical (unpaired) electrons. The van der Waals surface area contributed by atoms with E-state index in [1.54, 1.807) is 11.3 Å². The summed E-state index contributed by atoms with van der Waals surface area (Å²) in [5.74, 6) is -0.170. The third-order valence-corrected chi connectivity index (χ3v) is 6.89. The van der Waals surface area contributed by atoms with Crippen LogP contribution < -0.4 is 4.90 Å². The lowest BCUT2D eigenvalue weighted by molar-refractivity contribution is -0.136. The maximum atomic E-state index is 10.6. The van der Waals surface area contributed by atoms with E-state index in [1.807, 2.05) is 42.5 Å². The first-order valence-corrected chi connectivity index (χ1v) is 12.3. The Morgan fingerprint density at radius 1 is 1.41 bits per heavy atom. The largest absolute Gasteiger partial charge is 0.481 e. The molecule has 0 aliphatic carbocycles. The number of carboxylic acid groups (broad SMARTS) is 1. The first kappa shape index (κ1) is 24.5. The molecule has 0 bridgehead atoms. The second kappa shape index (κ2) is 11.6. The monoisotopic (exact) mass is 473 g/mol. The molecule has 1 fully saturated rings. The lowest BCUT2D eigenvalue weighted by Gasteiger charge is -2.42. The van der Waals surface area contributed by atoms with Crippen molar-refractivity contribution in [1.29, 1.82) is 0 Å². The van der Waals surface area contributed by atoms with Gasteiger partial charge in [0.05, 0.1) is 10.2 Å². The fraction of sp³-hybridized carbons (Fsp3) is 0.440. The van der Waals surface area contributed by atoms with E-state index in [0.29, 0.717) is 18.4 Å². The van der Waals surface area contributed by atoms with Crippen molar-refractivity contribution < 1.29 is 9.90 Å². The van der Waals surface area contributed by atoms with Crippen LogP contribution in [0.15, 0.2) is 54.7 Å². The molecule has 1 aromatic carbocycles. The van der Waals surface area contributed by atoms with E-state index in [9.17, 15) is 4.79 Å². The van der Waals surface area contributed by atoms with E-state index < -0.39 is 5.97 Å². The number of halogens is 1. The summed E-state index contributed by atoms with van der Waals surface area (Å²) < 4.78 is 1.13. The molecule has 2 aromatic rings. The molecular weight excluding hydrogens is 442 g/mol. The number of allylic oxidation sites excluding steroid dienone is 3. The van der Waals surface area contributed by atoms with Crippen LogP contribution in [-0.4, -0.2) is 53.2 Å². The van der Waals surface area contributed by atoms with Crippen LogP contribution in [-0.2, 0) is 4.79 Å². The summed E-state index contributed by atoms with van der Waals surface area (Å²) in [6.07, 6.45) is 9.61. The van der Waals surface area contributed by atoms with Crippen molar-refractivity contribution >= 4 is 44.3 Å². The zero-order chi connectivity index (χ0) is 23.1. The van der Waals surface area contributed by atoms with Crippen molar-refractivity contribution in [3.63, 3.8) is 0 Å². The molecule has 5 nitrogen and oxygen atoms in total. The number of aliphatic carboxylic acids is 1. The molecule has 7 heteroatoms. The fourth-order valence-corrected chi connectivity index (χ4v) is 5.26. The highest BCUT2D eigenvalue weighted by Crippen LogP contribution is 2.32. The average molecular weight is 474 g/mol. The fourth-order valence-electron chi connectivity index (χ4n) is 3.98. The predicted octanol–water partition coefficient (Wildman–Crippen LogP) is 6.02. The van der Waals surface area contributed by atoms with Gasteiger partial charge >= 0.3 is 5.97 Å². The minimum Gasteiger partial charge on any atom is -0.481 e. The van der Waals surface area contributed by atoms with E-state index in [4.69, 9.17) is 21.7 Å². The number of thiazole rings is 1. The molecule has 0 amide bonds. The van der Waals surface area contributed by atoms with Crippen LogP contribution in [0, 0.1) is 5.92 Å². The van der Waals surface area contributed by atoms with Gasteiger partial charge in [-0.15, -0.1) is 0 Å². The molecule has 0 spiro atoms. The normalized spacial score (nSPS) is 18.2. The molecule has 32 heavy (non-hydrogen) atoms. The Hall–Kier alpha value is -2.15. The summed E-state index contributed by atoms with van der Waals surface area (Å²) in [5, 5.41) is 10.6. The molecule has 1 saturated heterocycles. The van der Waals surface area contributed by atoms with Crippen LogP contribution in [0.3, 0.4) is 0 Å². The van der Waals surface area contributed by atoms with Crippen LogP contribution in [0.1, 0.15) is 33.1 Å². The van der Waals surface area contributed by atoms with Gasteiger partial charge in [0.1, 0.15) is 0 Å². The molecule has 0 saturated carbocycles. The standard InChI is InChI=1S/C25H32ClN3O2S/c1-4-19(8-6-5-7-9-24(30)31)16-28-12-13-29(17-21(28)14-18(2)3)25-27-22-11-10-20(26)15-23(22)32-25/h4-6,8,10-11,15,18,21H,1,7,9,12-14,16-17H2,2-3H3,(H,30,31)/b6-5-,19-8+. The van der Waals surface area contributed by atoms with Crippen molar-refractivity contribution in [3.05, 3.63) is 59.7 Å². The van der Waals surface area contributed by atoms with Crippen molar-refractivity contribution in [2.45, 2.75) is 39.2 Å². The minimum absolute atomic E-state index is 0.157. The number of anilines is 1. The summed E-state index contributed by atoms with van der Waals surface area (Å²) in [6, 6.07) is 6.31. The van der Waals surface area contributed by atoms with Crippen LogP contribution in [0.2, 0.25) is 5.02 Å². The van der Waals surface area contributed by atoms with E-state index in [-0.39, 0.29) is 6.42 Å². The number of carbonyl (C=O) groups is 1. The average Bonchev–Trinajstić information content (AvgIpc) is 3.16. The quantitative estimate of drug-likeness (QED) is 0.427. The second-order valence-corrected chi connectivity index (χ2v) is 10.1. The highest BCUT2D eigenvalue weighted by atomic mass is 35.5. The van der Waals surface area contributed by atoms with Crippen LogP contribution in [0.4, 0.5) is 5.13 Å². The smallest absolute Gasteiger partial charge is 0.303 e. The van der Waals surface area contributed by atoms with Gasteiger partial charge in [0.2, 0.25) is 0 Å². The zero-order valence-electron chi connectivity index (χ0n) is 18.8. The number of rotatable bonds is 10. The van der Waals surface area contributed by atoms with Gasteiger partial charge in [-0.1, -0.05) is 67.7 Å². The van der Waals surface area contributed by atoms with Gasteiger partial charge in [0.15, 0.2) is 5.13 Å². The number of hydrogen-bond acceptors (Lipinski definition) is 5. The SMILES string of the molecule is C=C/C(=C\C=C/CCC(=O)O)CN1CCN(c2nc3ccc(Cl)cc3s2)CC1CC(C)C.